The molecule has 17 heavy (non-hydrogen) atoms. The van der Waals surface area contributed by atoms with Crippen molar-refractivity contribution in [3.8, 4) is 0 Å². The Morgan fingerprint density at radius 2 is 1.65 bits per heavy atom. The highest BCUT2D eigenvalue weighted by Gasteiger charge is 2.00. The maximum absolute atomic E-state index is 9.55. The van der Waals surface area contributed by atoms with E-state index >= 15 is 0 Å². The molecule has 2 N–H and O–H groups in total. The van der Waals surface area contributed by atoms with Gasteiger partial charge >= 0.3 is 11.9 Å². The Morgan fingerprint density at radius 3 is 2.18 bits per heavy atom. The summed E-state index contributed by atoms with van der Waals surface area (Å²) in [5.74, 6) is -2.51. The summed E-state index contributed by atoms with van der Waals surface area (Å²) in [6.07, 6.45) is 6.61. The van der Waals surface area contributed by atoms with E-state index in [2.05, 4.69) is 36.4 Å². The molecule has 0 radical (unpaired) electrons. The van der Waals surface area contributed by atoms with E-state index in [1.165, 1.54) is 11.1 Å². The lowest BCUT2D eigenvalue weighted by Crippen LogP contribution is -1.91. The van der Waals surface area contributed by atoms with Crippen LogP contribution in [0.1, 0.15) is 11.1 Å². The maximum Gasteiger partial charge on any atom is 0.328 e. The van der Waals surface area contributed by atoms with E-state index in [1.54, 1.807) is 0 Å². The molecule has 2 rings (SSSR count). The van der Waals surface area contributed by atoms with E-state index in [0.717, 1.165) is 6.42 Å². The summed E-state index contributed by atoms with van der Waals surface area (Å²) in [5.41, 5.74) is 2.84. The summed E-state index contributed by atoms with van der Waals surface area (Å²) in [6.45, 7) is 0. The molecule has 1 aliphatic rings. The van der Waals surface area contributed by atoms with Gasteiger partial charge in [-0.15, -0.1) is 0 Å². The van der Waals surface area contributed by atoms with Gasteiger partial charge in [0.1, 0.15) is 0 Å². The monoisotopic (exact) mass is 232 g/mol. The van der Waals surface area contributed by atoms with Crippen molar-refractivity contribution >= 4 is 18.0 Å². The Bertz CT molecular complexity index is 456. The minimum atomic E-state index is -1.26. The van der Waals surface area contributed by atoms with E-state index < -0.39 is 11.9 Å². The van der Waals surface area contributed by atoms with Crippen molar-refractivity contribution in [1.82, 2.24) is 0 Å². The van der Waals surface area contributed by atoms with Crippen molar-refractivity contribution in [3.05, 3.63) is 53.6 Å². The zero-order chi connectivity index (χ0) is 12.7. The van der Waals surface area contributed by atoms with Crippen molar-refractivity contribution in [2.75, 3.05) is 0 Å². The second kappa shape index (κ2) is 6.27. The molecule has 0 unspecified atom stereocenters. The Hall–Kier alpha value is -2.36. The van der Waals surface area contributed by atoms with Gasteiger partial charge in [-0.25, -0.2) is 9.59 Å². The molecule has 0 aliphatic heterocycles. The Kier molecular flexibility index (Phi) is 4.69. The van der Waals surface area contributed by atoms with Gasteiger partial charge < -0.3 is 10.2 Å². The smallest absolute Gasteiger partial charge is 0.328 e. The first-order valence-corrected chi connectivity index (χ1v) is 4.98. The second-order valence-corrected chi connectivity index (χ2v) is 3.32. The number of fused-ring (bicyclic) bond motifs is 1. The van der Waals surface area contributed by atoms with Crippen LogP contribution < -0.4 is 0 Å². The van der Waals surface area contributed by atoms with Crippen molar-refractivity contribution in [3.63, 3.8) is 0 Å². The molecular formula is C13H12O4. The summed E-state index contributed by atoms with van der Waals surface area (Å²) in [5, 5.41) is 15.6. The van der Waals surface area contributed by atoms with Gasteiger partial charge in [-0.2, -0.15) is 0 Å². The topological polar surface area (TPSA) is 74.6 Å². The minimum Gasteiger partial charge on any atom is -0.478 e. The third-order valence-corrected chi connectivity index (χ3v) is 2.06. The fourth-order valence-electron chi connectivity index (χ4n) is 1.34. The third-order valence-electron chi connectivity index (χ3n) is 2.06. The standard InChI is InChI=1S/C9H8.C4H4O4/c1-2-5-9-7-3-6-8(9)4-1;5-3(6)1-2-4(7)8/h1-6H,7H2;1-2H,(H,5,6)(H,7,8). The molecule has 0 saturated heterocycles. The predicted octanol–water partition coefficient (Wildman–Crippen LogP) is 1.97. The minimum absolute atomic E-state index is 0.558. The molecule has 0 bridgehead atoms. The number of hydrogen-bond donors (Lipinski definition) is 2. The van der Waals surface area contributed by atoms with Crippen LogP contribution in [0.4, 0.5) is 0 Å². The Balaban J connectivity index is 0.000000172. The zero-order valence-corrected chi connectivity index (χ0v) is 9.04. The highest BCUT2D eigenvalue weighted by molar-refractivity contribution is 5.89. The molecule has 0 fully saturated rings. The van der Waals surface area contributed by atoms with Gasteiger partial charge in [0.05, 0.1) is 0 Å². The van der Waals surface area contributed by atoms with Crippen LogP contribution in [-0.4, -0.2) is 22.2 Å². The number of benzene rings is 1. The van der Waals surface area contributed by atoms with E-state index in [1.807, 2.05) is 0 Å². The molecular weight excluding hydrogens is 220 g/mol. The van der Waals surface area contributed by atoms with Crippen LogP contribution in [0, 0.1) is 0 Å². The van der Waals surface area contributed by atoms with Crippen molar-refractivity contribution in [2.24, 2.45) is 0 Å². The zero-order valence-electron chi connectivity index (χ0n) is 9.04. The molecule has 0 saturated carbocycles. The normalized spacial score (nSPS) is 11.8. The Morgan fingerprint density at radius 1 is 1.06 bits per heavy atom. The summed E-state index contributed by atoms with van der Waals surface area (Å²) < 4.78 is 0. The summed E-state index contributed by atoms with van der Waals surface area (Å²) in [6, 6.07) is 8.49. The number of carbonyl (C=O) groups is 2. The van der Waals surface area contributed by atoms with Gasteiger partial charge in [0.2, 0.25) is 0 Å². The quantitative estimate of drug-likeness (QED) is 0.764. The molecule has 0 heterocycles. The number of carboxylic acids is 2. The van der Waals surface area contributed by atoms with E-state index in [-0.39, 0.29) is 0 Å². The fraction of sp³-hybridized carbons (Fsp3) is 0.0769. The molecule has 88 valence electrons. The summed E-state index contributed by atoms with van der Waals surface area (Å²) in [4.78, 5) is 19.1. The van der Waals surface area contributed by atoms with Crippen LogP contribution in [0.3, 0.4) is 0 Å². The molecule has 1 aromatic carbocycles. The van der Waals surface area contributed by atoms with Crippen LogP contribution in [0.2, 0.25) is 0 Å². The lowest BCUT2D eigenvalue weighted by Gasteiger charge is -1.93. The van der Waals surface area contributed by atoms with E-state index in [0.29, 0.717) is 12.2 Å². The van der Waals surface area contributed by atoms with Gasteiger partial charge in [0.15, 0.2) is 0 Å². The van der Waals surface area contributed by atoms with Crippen LogP contribution in [-0.2, 0) is 16.0 Å². The van der Waals surface area contributed by atoms with Gasteiger partial charge in [0, 0.05) is 12.2 Å². The third kappa shape index (κ3) is 4.79. The molecule has 4 nitrogen and oxygen atoms in total. The number of hydrogen-bond acceptors (Lipinski definition) is 2. The van der Waals surface area contributed by atoms with Crippen LogP contribution >= 0.6 is 0 Å². The Labute approximate surface area is 98.5 Å². The average Bonchev–Trinajstić information content (AvgIpc) is 2.75. The predicted molar refractivity (Wildman–Crippen MR) is 63.6 cm³/mol. The molecule has 0 spiro atoms. The summed E-state index contributed by atoms with van der Waals surface area (Å²) >= 11 is 0. The van der Waals surface area contributed by atoms with Gasteiger partial charge in [0.25, 0.3) is 0 Å². The van der Waals surface area contributed by atoms with Crippen molar-refractivity contribution < 1.29 is 19.8 Å². The SMILES string of the molecule is C1=Cc2ccccc2C1.O=C(O)C=CC(=O)O. The maximum atomic E-state index is 9.55. The molecule has 1 aromatic rings. The second-order valence-electron chi connectivity index (χ2n) is 3.32. The number of carboxylic acid groups (broad SMARTS) is 2. The molecule has 1 aliphatic carbocycles. The highest BCUT2D eigenvalue weighted by atomic mass is 16.4. The molecule has 0 amide bonds. The lowest BCUT2D eigenvalue weighted by atomic mass is 10.1. The lowest BCUT2D eigenvalue weighted by molar-refractivity contribution is -0.134. The molecule has 0 aromatic heterocycles. The van der Waals surface area contributed by atoms with Crippen molar-refractivity contribution in [1.29, 1.82) is 0 Å². The van der Waals surface area contributed by atoms with Crippen LogP contribution in [0.25, 0.3) is 6.08 Å². The van der Waals surface area contributed by atoms with E-state index in [4.69, 9.17) is 10.2 Å². The number of aliphatic carboxylic acids is 2. The largest absolute Gasteiger partial charge is 0.478 e. The number of allylic oxidation sites excluding steroid dienone is 1. The van der Waals surface area contributed by atoms with Crippen molar-refractivity contribution in [2.45, 2.75) is 6.42 Å². The van der Waals surface area contributed by atoms with E-state index in [9.17, 15) is 9.59 Å². The van der Waals surface area contributed by atoms with Gasteiger partial charge in [-0.05, 0) is 17.5 Å². The van der Waals surface area contributed by atoms with Gasteiger partial charge in [-0.3, -0.25) is 0 Å². The molecule has 4 heteroatoms. The first-order chi connectivity index (χ1) is 8.09. The number of rotatable bonds is 2. The van der Waals surface area contributed by atoms with Crippen LogP contribution in [0.15, 0.2) is 42.5 Å². The first kappa shape index (κ1) is 12.7. The average molecular weight is 232 g/mol. The summed E-state index contributed by atoms with van der Waals surface area (Å²) in [7, 11) is 0. The molecule has 0 atom stereocenters. The van der Waals surface area contributed by atoms with Gasteiger partial charge in [-0.1, -0.05) is 36.4 Å². The fourth-order valence-corrected chi connectivity index (χ4v) is 1.34. The first-order valence-electron chi connectivity index (χ1n) is 4.98. The highest BCUT2D eigenvalue weighted by Crippen LogP contribution is 2.17. The van der Waals surface area contributed by atoms with Crippen LogP contribution in [0.5, 0.6) is 0 Å².